The molecule has 5 heteroatoms. The van der Waals surface area contributed by atoms with Crippen molar-refractivity contribution >= 4 is 11.5 Å². The maximum Gasteiger partial charge on any atom is 0.159 e. The maximum atomic E-state index is 10.9. The molecule has 1 saturated carbocycles. The van der Waals surface area contributed by atoms with Crippen molar-refractivity contribution in [3.63, 3.8) is 0 Å². The summed E-state index contributed by atoms with van der Waals surface area (Å²) in [6.45, 7) is 7.70. The highest BCUT2D eigenvalue weighted by Gasteiger charge is 2.06. The highest BCUT2D eigenvalue weighted by atomic mass is 16.5. The summed E-state index contributed by atoms with van der Waals surface area (Å²) in [4.78, 5) is 10.9. The van der Waals surface area contributed by atoms with Crippen LogP contribution in [0.25, 0.3) is 0 Å². The Morgan fingerprint density at radius 2 is 1.84 bits per heavy atom. The number of rotatable bonds is 2. The number of nitrogens with one attached hydrogen (secondary N) is 1. The van der Waals surface area contributed by atoms with Crippen molar-refractivity contribution in [3.05, 3.63) is 23.8 Å². The molecular formula is C20H34N2O3. The SMILES string of the molecule is C1COCCN1.CC1CCCCC1.COc1cc(C(C)=O)ccc1N. The first-order valence-corrected chi connectivity index (χ1v) is 9.27. The Morgan fingerprint density at radius 3 is 2.20 bits per heavy atom. The van der Waals surface area contributed by atoms with Gasteiger partial charge in [0.05, 0.1) is 26.0 Å². The minimum atomic E-state index is 0.00769. The molecule has 1 aliphatic heterocycles. The van der Waals surface area contributed by atoms with E-state index in [0.29, 0.717) is 17.0 Å². The van der Waals surface area contributed by atoms with Gasteiger partial charge < -0.3 is 20.5 Å². The van der Waals surface area contributed by atoms with Crippen LogP contribution in [0, 0.1) is 5.92 Å². The molecule has 0 radical (unpaired) electrons. The van der Waals surface area contributed by atoms with Crippen molar-refractivity contribution in [2.75, 3.05) is 39.1 Å². The van der Waals surface area contributed by atoms with Gasteiger partial charge in [-0.15, -0.1) is 0 Å². The predicted molar refractivity (Wildman–Crippen MR) is 103 cm³/mol. The van der Waals surface area contributed by atoms with E-state index in [1.807, 2.05) is 0 Å². The molecule has 2 fully saturated rings. The molecule has 142 valence electrons. The molecule has 1 aromatic carbocycles. The lowest BCUT2D eigenvalue weighted by Crippen LogP contribution is -2.30. The Bertz CT molecular complexity index is 484. The smallest absolute Gasteiger partial charge is 0.159 e. The molecule has 1 saturated heterocycles. The van der Waals surface area contributed by atoms with Crippen molar-refractivity contribution < 1.29 is 14.3 Å². The summed E-state index contributed by atoms with van der Waals surface area (Å²) >= 11 is 0. The third-order valence-electron chi connectivity index (χ3n) is 4.38. The van der Waals surface area contributed by atoms with E-state index in [2.05, 4.69) is 12.2 Å². The molecule has 1 aliphatic carbocycles. The summed E-state index contributed by atoms with van der Waals surface area (Å²) in [6, 6.07) is 4.98. The van der Waals surface area contributed by atoms with Crippen LogP contribution in [-0.4, -0.2) is 39.2 Å². The number of benzene rings is 1. The topological polar surface area (TPSA) is 73.6 Å². The lowest BCUT2D eigenvalue weighted by atomic mass is 9.91. The highest BCUT2D eigenvalue weighted by molar-refractivity contribution is 5.95. The first kappa shape index (κ1) is 21.5. The van der Waals surface area contributed by atoms with Crippen LogP contribution in [0.15, 0.2) is 18.2 Å². The number of ketones is 1. The summed E-state index contributed by atoms with van der Waals surface area (Å²) < 4.78 is 9.97. The van der Waals surface area contributed by atoms with Gasteiger partial charge in [0, 0.05) is 18.7 Å². The van der Waals surface area contributed by atoms with Crippen LogP contribution < -0.4 is 15.8 Å². The van der Waals surface area contributed by atoms with Crippen molar-refractivity contribution in [1.29, 1.82) is 0 Å². The van der Waals surface area contributed by atoms with Gasteiger partial charge in [0.15, 0.2) is 5.78 Å². The Hall–Kier alpha value is -1.59. The zero-order chi connectivity index (χ0) is 18.5. The van der Waals surface area contributed by atoms with E-state index in [-0.39, 0.29) is 5.78 Å². The van der Waals surface area contributed by atoms with Gasteiger partial charge in [-0.3, -0.25) is 4.79 Å². The number of hydrogen-bond donors (Lipinski definition) is 2. The van der Waals surface area contributed by atoms with E-state index < -0.39 is 0 Å². The van der Waals surface area contributed by atoms with Gasteiger partial charge in [-0.25, -0.2) is 0 Å². The summed E-state index contributed by atoms with van der Waals surface area (Å²) in [7, 11) is 1.52. The van der Waals surface area contributed by atoms with Gasteiger partial charge in [0.1, 0.15) is 5.75 Å². The van der Waals surface area contributed by atoms with E-state index in [4.69, 9.17) is 15.2 Å². The van der Waals surface area contributed by atoms with Crippen molar-refractivity contribution in [1.82, 2.24) is 5.32 Å². The Balaban J connectivity index is 0.000000203. The van der Waals surface area contributed by atoms with Crippen LogP contribution in [0.2, 0.25) is 0 Å². The average Bonchev–Trinajstić information content (AvgIpc) is 2.65. The largest absolute Gasteiger partial charge is 0.495 e. The zero-order valence-corrected chi connectivity index (χ0v) is 16.0. The number of nitrogens with two attached hydrogens (primary N) is 1. The molecule has 3 rings (SSSR count). The number of morpholine rings is 1. The second-order valence-electron chi connectivity index (χ2n) is 6.62. The number of carbonyl (C=O) groups excluding carboxylic acids is 1. The molecule has 5 nitrogen and oxygen atoms in total. The summed E-state index contributed by atoms with van der Waals surface area (Å²) in [5, 5.41) is 3.16. The Kier molecular flexibility index (Phi) is 10.9. The van der Waals surface area contributed by atoms with Crippen molar-refractivity contribution in [2.45, 2.75) is 46.0 Å². The molecule has 3 N–H and O–H groups in total. The zero-order valence-electron chi connectivity index (χ0n) is 16.0. The molecule has 1 heterocycles. The van der Waals surface area contributed by atoms with Crippen LogP contribution >= 0.6 is 0 Å². The van der Waals surface area contributed by atoms with E-state index >= 15 is 0 Å². The normalized spacial score (nSPS) is 17.4. The van der Waals surface area contributed by atoms with Crippen LogP contribution in [0.1, 0.15) is 56.3 Å². The maximum absolute atomic E-state index is 10.9. The number of nitrogen functional groups attached to an aromatic ring is 1. The van der Waals surface area contributed by atoms with E-state index in [1.165, 1.54) is 46.1 Å². The molecule has 0 amide bonds. The second-order valence-corrected chi connectivity index (χ2v) is 6.62. The minimum Gasteiger partial charge on any atom is -0.495 e. The molecule has 0 spiro atoms. The number of methoxy groups -OCH3 is 1. The molecule has 1 aromatic rings. The summed E-state index contributed by atoms with van der Waals surface area (Å²) in [5.74, 6) is 1.59. The third kappa shape index (κ3) is 9.46. The lowest BCUT2D eigenvalue weighted by Gasteiger charge is -2.15. The molecule has 25 heavy (non-hydrogen) atoms. The molecule has 2 aliphatic rings. The van der Waals surface area contributed by atoms with E-state index in [1.54, 1.807) is 18.2 Å². The lowest BCUT2D eigenvalue weighted by molar-refractivity contribution is 0.101. The first-order valence-electron chi connectivity index (χ1n) is 9.27. The van der Waals surface area contributed by atoms with Crippen LogP contribution in [0.3, 0.4) is 0 Å². The van der Waals surface area contributed by atoms with Crippen LogP contribution in [-0.2, 0) is 4.74 Å². The highest BCUT2D eigenvalue weighted by Crippen LogP contribution is 2.22. The van der Waals surface area contributed by atoms with Gasteiger partial charge >= 0.3 is 0 Å². The quantitative estimate of drug-likeness (QED) is 0.629. The molecular weight excluding hydrogens is 316 g/mol. The number of Topliss-reactive ketones (excluding diaryl/α,β-unsaturated/α-hetero) is 1. The van der Waals surface area contributed by atoms with E-state index in [9.17, 15) is 4.79 Å². The van der Waals surface area contributed by atoms with Gasteiger partial charge in [0.25, 0.3) is 0 Å². The number of anilines is 1. The Morgan fingerprint density at radius 1 is 1.20 bits per heavy atom. The van der Waals surface area contributed by atoms with Crippen LogP contribution in [0.4, 0.5) is 5.69 Å². The van der Waals surface area contributed by atoms with Crippen molar-refractivity contribution in [3.8, 4) is 5.75 Å². The van der Waals surface area contributed by atoms with Gasteiger partial charge in [-0.1, -0.05) is 39.0 Å². The number of hydrogen-bond acceptors (Lipinski definition) is 5. The Labute approximate surface area is 152 Å². The fraction of sp³-hybridized carbons (Fsp3) is 0.650. The second kappa shape index (κ2) is 12.7. The van der Waals surface area contributed by atoms with Gasteiger partial charge in [0.2, 0.25) is 0 Å². The van der Waals surface area contributed by atoms with Gasteiger partial charge in [-0.2, -0.15) is 0 Å². The fourth-order valence-electron chi connectivity index (χ4n) is 2.75. The molecule has 0 unspecified atom stereocenters. The number of carbonyl (C=O) groups is 1. The van der Waals surface area contributed by atoms with Crippen LogP contribution in [0.5, 0.6) is 5.75 Å². The average molecular weight is 351 g/mol. The van der Waals surface area contributed by atoms with E-state index in [0.717, 1.165) is 32.2 Å². The third-order valence-corrected chi connectivity index (χ3v) is 4.38. The first-order chi connectivity index (χ1) is 12.0. The monoisotopic (exact) mass is 350 g/mol. The predicted octanol–water partition coefficient (Wildman–Crippen LogP) is 3.67. The minimum absolute atomic E-state index is 0.00769. The summed E-state index contributed by atoms with van der Waals surface area (Å²) in [5.41, 5.74) is 6.72. The van der Waals surface area contributed by atoms with Gasteiger partial charge in [-0.05, 0) is 31.0 Å². The standard InChI is InChI=1S/C9H11NO2.C7H14.C4H9NO/c1-6(11)7-3-4-8(10)9(5-7)12-2;1-7-5-3-2-4-6-7;1-3-6-4-2-5-1/h3-5H,10H2,1-2H3;7H,2-6H2,1H3;5H,1-4H2. The van der Waals surface area contributed by atoms with Crippen molar-refractivity contribution in [2.24, 2.45) is 5.92 Å². The fourth-order valence-corrected chi connectivity index (χ4v) is 2.75. The summed E-state index contributed by atoms with van der Waals surface area (Å²) in [6.07, 6.45) is 7.44. The number of ether oxygens (including phenoxy) is 2. The molecule has 0 bridgehead atoms. The molecule has 0 aromatic heterocycles. The molecule has 0 atom stereocenters.